The van der Waals surface area contributed by atoms with Crippen molar-refractivity contribution in [2.24, 2.45) is 0 Å². The first-order valence-electron chi connectivity index (χ1n) is 7.28. The molecule has 1 atom stereocenters. The second-order valence-corrected chi connectivity index (χ2v) is 5.21. The molecule has 0 heterocycles. The molecule has 3 heteroatoms. The number of nitrogens with one attached hydrogen (secondary N) is 2. The summed E-state index contributed by atoms with van der Waals surface area (Å²) in [6.07, 6.45) is 0. The third-order valence-corrected chi connectivity index (χ3v) is 3.45. The molecule has 1 amide bonds. The number of anilines is 1. The number of carbonyl (C=O) groups is 1. The van der Waals surface area contributed by atoms with Crippen molar-refractivity contribution in [2.45, 2.75) is 26.8 Å². The summed E-state index contributed by atoms with van der Waals surface area (Å²) in [7, 11) is 0. The number of amides is 1. The number of likely N-dealkylation sites (N-methyl/N-ethyl adjacent to an activating group) is 1. The molecule has 110 valence electrons. The highest BCUT2D eigenvalue weighted by Gasteiger charge is 2.19. The van der Waals surface area contributed by atoms with Crippen LogP contribution in [0.3, 0.4) is 0 Å². The maximum absolute atomic E-state index is 12.6. The molecule has 2 aromatic rings. The minimum absolute atomic E-state index is 0.0308. The Labute approximate surface area is 126 Å². The van der Waals surface area contributed by atoms with Crippen LogP contribution >= 0.6 is 0 Å². The van der Waals surface area contributed by atoms with Crippen molar-refractivity contribution in [3.8, 4) is 0 Å². The Balaban J connectivity index is 2.21. The Morgan fingerprint density at radius 3 is 2.48 bits per heavy atom. The quantitative estimate of drug-likeness (QED) is 0.880. The standard InChI is InChI=1S/C18H22N2O/c1-4-19-17(15-8-6-5-7-9-15)18(21)20-16-12-13(2)10-11-14(16)3/h5-12,17,19H,4H2,1-3H3,(H,20,21)/t17-/m1/s1. The van der Waals surface area contributed by atoms with E-state index in [1.165, 1.54) is 0 Å². The fourth-order valence-corrected chi connectivity index (χ4v) is 2.29. The van der Waals surface area contributed by atoms with Crippen molar-refractivity contribution in [1.82, 2.24) is 5.32 Å². The Hall–Kier alpha value is -2.13. The molecule has 0 saturated heterocycles. The van der Waals surface area contributed by atoms with E-state index in [1.54, 1.807) is 0 Å². The SMILES string of the molecule is CCN[C@@H](C(=O)Nc1cc(C)ccc1C)c1ccccc1. The maximum atomic E-state index is 12.6. The zero-order valence-electron chi connectivity index (χ0n) is 12.8. The van der Waals surface area contributed by atoms with Gasteiger partial charge in [0.25, 0.3) is 0 Å². The van der Waals surface area contributed by atoms with Crippen molar-refractivity contribution in [2.75, 3.05) is 11.9 Å². The van der Waals surface area contributed by atoms with Crippen molar-refractivity contribution < 1.29 is 4.79 Å². The van der Waals surface area contributed by atoms with Gasteiger partial charge in [-0.1, -0.05) is 49.4 Å². The molecule has 21 heavy (non-hydrogen) atoms. The predicted octanol–water partition coefficient (Wildman–Crippen LogP) is 3.59. The molecule has 0 fully saturated rings. The topological polar surface area (TPSA) is 41.1 Å². The first-order chi connectivity index (χ1) is 10.1. The van der Waals surface area contributed by atoms with Crippen LogP contribution in [0.15, 0.2) is 48.5 Å². The molecule has 0 unspecified atom stereocenters. The van der Waals surface area contributed by atoms with E-state index in [0.29, 0.717) is 0 Å². The summed E-state index contributed by atoms with van der Waals surface area (Å²) in [4.78, 5) is 12.6. The third kappa shape index (κ3) is 3.92. The van der Waals surface area contributed by atoms with E-state index in [1.807, 2.05) is 69.3 Å². The van der Waals surface area contributed by atoms with E-state index in [9.17, 15) is 4.79 Å². The molecule has 2 aromatic carbocycles. The normalized spacial score (nSPS) is 12.0. The fraction of sp³-hybridized carbons (Fsp3) is 0.278. The molecule has 3 nitrogen and oxygen atoms in total. The van der Waals surface area contributed by atoms with Crippen molar-refractivity contribution in [3.05, 3.63) is 65.2 Å². The number of hydrogen-bond donors (Lipinski definition) is 2. The van der Waals surface area contributed by atoms with Gasteiger partial charge in [0.2, 0.25) is 5.91 Å². The van der Waals surface area contributed by atoms with Crippen LogP contribution in [-0.2, 0) is 4.79 Å². The van der Waals surface area contributed by atoms with Gasteiger partial charge in [-0.2, -0.15) is 0 Å². The van der Waals surface area contributed by atoms with E-state index in [4.69, 9.17) is 0 Å². The summed E-state index contributed by atoms with van der Waals surface area (Å²) in [5, 5.41) is 6.27. The molecule has 0 radical (unpaired) electrons. The van der Waals surface area contributed by atoms with Crippen LogP contribution < -0.4 is 10.6 Å². The lowest BCUT2D eigenvalue weighted by Crippen LogP contribution is -2.33. The first-order valence-corrected chi connectivity index (χ1v) is 7.28. The van der Waals surface area contributed by atoms with Crippen molar-refractivity contribution in [3.63, 3.8) is 0 Å². The number of aryl methyl sites for hydroxylation is 2. The summed E-state index contributed by atoms with van der Waals surface area (Å²) in [5.41, 5.74) is 4.05. The van der Waals surface area contributed by atoms with E-state index in [-0.39, 0.29) is 11.9 Å². The van der Waals surface area contributed by atoms with Gasteiger partial charge < -0.3 is 10.6 Å². The monoisotopic (exact) mass is 282 g/mol. The maximum Gasteiger partial charge on any atom is 0.246 e. The summed E-state index contributed by atoms with van der Waals surface area (Å²) in [6.45, 7) is 6.76. The van der Waals surface area contributed by atoms with Crippen LogP contribution in [0, 0.1) is 13.8 Å². The smallest absolute Gasteiger partial charge is 0.246 e. The molecule has 0 aliphatic heterocycles. The lowest BCUT2D eigenvalue weighted by Gasteiger charge is -2.19. The number of rotatable bonds is 5. The van der Waals surface area contributed by atoms with Gasteiger partial charge >= 0.3 is 0 Å². The Bertz CT molecular complexity index is 608. The molecule has 0 aromatic heterocycles. The van der Waals surface area contributed by atoms with E-state index >= 15 is 0 Å². The van der Waals surface area contributed by atoms with Crippen LogP contribution in [0.2, 0.25) is 0 Å². The van der Waals surface area contributed by atoms with E-state index < -0.39 is 0 Å². The molecule has 0 aliphatic carbocycles. The first kappa shape index (κ1) is 15.3. The summed E-state index contributed by atoms with van der Waals surface area (Å²) < 4.78 is 0. The molecule has 0 saturated carbocycles. The summed E-state index contributed by atoms with van der Waals surface area (Å²) in [6, 6.07) is 15.5. The predicted molar refractivity (Wildman–Crippen MR) is 87.4 cm³/mol. The van der Waals surface area contributed by atoms with E-state index in [2.05, 4.69) is 10.6 Å². The summed E-state index contributed by atoms with van der Waals surface area (Å²) >= 11 is 0. The Kier molecular flexibility index (Phi) is 5.12. The largest absolute Gasteiger partial charge is 0.324 e. The minimum Gasteiger partial charge on any atom is -0.324 e. The average molecular weight is 282 g/mol. The Morgan fingerprint density at radius 2 is 1.81 bits per heavy atom. The lowest BCUT2D eigenvalue weighted by atomic mass is 10.1. The van der Waals surface area contributed by atoms with Crippen LogP contribution in [0.1, 0.15) is 29.7 Å². The van der Waals surface area contributed by atoms with Gasteiger partial charge in [-0.15, -0.1) is 0 Å². The summed E-state index contributed by atoms with van der Waals surface area (Å²) in [5.74, 6) is -0.0308. The zero-order chi connectivity index (χ0) is 15.2. The second-order valence-electron chi connectivity index (χ2n) is 5.21. The van der Waals surface area contributed by atoms with Gasteiger partial charge in [-0.05, 0) is 43.1 Å². The molecular weight excluding hydrogens is 260 g/mol. The number of hydrogen-bond acceptors (Lipinski definition) is 2. The highest BCUT2D eigenvalue weighted by molar-refractivity contribution is 5.96. The molecule has 0 bridgehead atoms. The molecular formula is C18H22N2O. The average Bonchev–Trinajstić information content (AvgIpc) is 2.49. The number of benzene rings is 2. The highest BCUT2D eigenvalue weighted by Crippen LogP contribution is 2.20. The van der Waals surface area contributed by atoms with E-state index in [0.717, 1.165) is 28.9 Å². The minimum atomic E-state index is -0.337. The van der Waals surface area contributed by atoms with Gasteiger partial charge in [0, 0.05) is 5.69 Å². The zero-order valence-corrected chi connectivity index (χ0v) is 12.8. The Morgan fingerprint density at radius 1 is 1.10 bits per heavy atom. The van der Waals surface area contributed by atoms with Gasteiger partial charge in [0.05, 0.1) is 0 Å². The van der Waals surface area contributed by atoms with Crippen molar-refractivity contribution >= 4 is 11.6 Å². The molecule has 2 rings (SSSR count). The fourth-order valence-electron chi connectivity index (χ4n) is 2.29. The third-order valence-electron chi connectivity index (χ3n) is 3.45. The second kappa shape index (κ2) is 7.04. The van der Waals surface area contributed by atoms with Crippen LogP contribution in [0.4, 0.5) is 5.69 Å². The van der Waals surface area contributed by atoms with Gasteiger partial charge in [0.1, 0.15) is 6.04 Å². The van der Waals surface area contributed by atoms with Crippen LogP contribution in [0.5, 0.6) is 0 Å². The lowest BCUT2D eigenvalue weighted by molar-refractivity contribution is -0.118. The van der Waals surface area contributed by atoms with Gasteiger partial charge in [0.15, 0.2) is 0 Å². The van der Waals surface area contributed by atoms with Crippen molar-refractivity contribution in [1.29, 1.82) is 0 Å². The number of carbonyl (C=O) groups excluding carboxylic acids is 1. The highest BCUT2D eigenvalue weighted by atomic mass is 16.2. The molecule has 0 spiro atoms. The van der Waals surface area contributed by atoms with Gasteiger partial charge in [-0.25, -0.2) is 0 Å². The van der Waals surface area contributed by atoms with Crippen LogP contribution in [-0.4, -0.2) is 12.5 Å². The van der Waals surface area contributed by atoms with Crippen LogP contribution in [0.25, 0.3) is 0 Å². The molecule has 2 N–H and O–H groups in total. The molecule has 0 aliphatic rings. The van der Waals surface area contributed by atoms with Gasteiger partial charge in [-0.3, -0.25) is 4.79 Å².